The van der Waals surface area contributed by atoms with Crippen LogP contribution in [0.15, 0.2) is 36.5 Å². The van der Waals surface area contributed by atoms with Gasteiger partial charge in [-0.25, -0.2) is 0 Å². The molecule has 0 atom stereocenters. The summed E-state index contributed by atoms with van der Waals surface area (Å²) in [6, 6.07) is 10.4. The van der Waals surface area contributed by atoms with Crippen molar-refractivity contribution < 1.29 is 4.74 Å². The summed E-state index contributed by atoms with van der Waals surface area (Å²) in [5, 5.41) is 4.46. The average Bonchev–Trinajstić information content (AvgIpc) is 2.86. The molecule has 4 heteroatoms. The molecule has 0 spiro atoms. The van der Waals surface area contributed by atoms with Crippen LogP contribution in [0.25, 0.3) is 0 Å². The minimum atomic E-state index is 0.377. The number of hydrogen-bond donors (Lipinski definition) is 1. The molecule has 1 heterocycles. The van der Waals surface area contributed by atoms with Crippen LogP contribution in [0.3, 0.4) is 0 Å². The summed E-state index contributed by atoms with van der Waals surface area (Å²) in [6.07, 6.45) is 2.85. The van der Waals surface area contributed by atoms with Gasteiger partial charge < -0.3 is 10.5 Å². The molecule has 0 saturated heterocycles. The first-order valence-corrected chi connectivity index (χ1v) is 6.65. The normalized spacial score (nSPS) is 10.9. The van der Waals surface area contributed by atoms with Gasteiger partial charge >= 0.3 is 0 Å². The number of benzene rings is 1. The summed E-state index contributed by atoms with van der Waals surface area (Å²) in [7, 11) is 0. The highest BCUT2D eigenvalue weighted by Gasteiger charge is 2.03. The van der Waals surface area contributed by atoms with Crippen LogP contribution in [0.5, 0.6) is 5.75 Å². The van der Waals surface area contributed by atoms with Crippen molar-refractivity contribution in [2.24, 2.45) is 5.73 Å². The van der Waals surface area contributed by atoms with Crippen molar-refractivity contribution in [3.8, 4) is 5.75 Å². The summed E-state index contributed by atoms with van der Waals surface area (Å²) in [5.74, 6) is 0.866. The molecule has 0 radical (unpaired) electrons. The van der Waals surface area contributed by atoms with E-state index in [1.165, 1.54) is 5.56 Å². The SMILES string of the molecule is CC(C)n1ccc(COc2cccc(CCN)c2)n1. The minimum Gasteiger partial charge on any atom is -0.487 e. The Morgan fingerprint density at radius 3 is 2.84 bits per heavy atom. The molecule has 4 nitrogen and oxygen atoms in total. The minimum absolute atomic E-state index is 0.377. The van der Waals surface area contributed by atoms with E-state index in [2.05, 4.69) is 25.0 Å². The largest absolute Gasteiger partial charge is 0.487 e. The molecule has 0 saturated carbocycles. The zero-order valence-electron chi connectivity index (χ0n) is 11.5. The number of nitrogens with two attached hydrogens (primary N) is 1. The molecular formula is C15H21N3O. The maximum absolute atomic E-state index is 5.76. The smallest absolute Gasteiger partial charge is 0.132 e. The molecule has 0 aliphatic heterocycles. The maximum Gasteiger partial charge on any atom is 0.132 e. The van der Waals surface area contributed by atoms with E-state index in [1.54, 1.807) is 0 Å². The van der Waals surface area contributed by atoms with Gasteiger partial charge in [0.25, 0.3) is 0 Å². The Labute approximate surface area is 114 Å². The van der Waals surface area contributed by atoms with Crippen LogP contribution in [0, 0.1) is 0 Å². The van der Waals surface area contributed by atoms with E-state index < -0.39 is 0 Å². The van der Waals surface area contributed by atoms with Gasteiger partial charge in [0.2, 0.25) is 0 Å². The van der Waals surface area contributed by atoms with Crippen molar-refractivity contribution in [2.75, 3.05) is 6.54 Å². The lowest BCUT2D eigenvalue weighted by atomic mass is 10.1. The van der Waals surface area contributed by atoms with Crippen molar-refractivity contribution >= 4 is 0 Å². The highest BCUT2D eigenvalue weighted by Crippen LogP contribution is 2.15. The van der Waals surface area contributed by atoms with Gasteiger partial charge in [-0.05, 0) is 50.6 Å². The molecule has 0 fully saturated rings. The van der Waals surface area contributed by atoms with Gasteiger partial charge in [0.15, 0.2) is 0 Å². The van der Waals surface area contributed by atoms with Crippen LogP contribution in [0.2, 0.25) is 0 Å². The molecule has 1 aromatic heterocycles. The quantitative estimate of drug-likeness (QED) is 0.867. The van der Waals surface area contributed by atoms with Crippen molar-refractivity contribution in [1.82, 2.24) is 9.78 Å². The Morgan fingerprint density at radius 2 is 2.16 bits per heavy atom. The summed E-state index contributed by atoms with van der Waals surface area (Å²) < 4.78 is 7.69. The standard InChI is InChI=1S/C15H21N3O/c1-12(2)18-9-7-14(17-18)11-19-15-5-3-4-13(10-15)6-8-16/h3-5,7,9-10,12H,6,8,11,16H2,1-2H3. The fourth-order valence-electron chi connectivity index (χ4n) is 1.86. The van der Waals surface area contributed by atoms with Crippen molar-refractivity contribution in [1.29, 1.82) is 0 Å². The lowest BCUT2D eigenvalue weighted by Gasteiger charge is -2.07. The Kier molecular flexibility index (Phi) is 4.58. The van der Waals surface area contributed by atoms with Gasteiger partial charge in [0.1, 0.15) is 12.4 Å². The lowest BCUT2D eigenvalue weighted by Crippen LogP contribution is -2.04. The summed E-state index contributed by atoms with van der Waals surface area (Å²) in [6.45, 7) is 5.36. The first-order chi connectivity index (χ1) is 9.19. The number of ether oxygens (including phenoxy) is 1. The summed E-state index contributed by atoms with van der Waals surface area (Å²) in [5.41, 5.74) is 7.70. The third-order valence-corrected chi connectivity index (χ3v) is 2.91. The van der Waals surface area contributed by atoms with Crippen LogP contribution < -0.4 is 10.5 Å². The monoisotopic (exact) mass is 259 g/mol. The van der Waals surface area contributed by atoms with E-state index >= 15 is 0 Å². The maximum atomic E-state index is 5.76. The van der Waals surface area contributed by atoms with Gasteiger partial charge in [-0.1, -0.05) is 12.1 Å². The van der Waals surface area contributed by atoms with E-state index in [0.717, 1.165) is 17.9 Å². The van der Waals surface area contributed by atoms with E-state index in [4.69, 9.17) is 10.5 Å². The highest BCUT2D eigenvalue weighted by atomic mass is 16.5. The van der Waals surface area contributed by atoms with Gasteiger partial charge in [0, 0.05) is 12.2 Å². The Hall–Kier alpha value is -1.81. The molecule has 102 valence electrons. The predicted octanol–water partition coefficient (Wildman–Crippen LogP) is 2.54. The third kappa shape index (κ3) is 3.83. The van der Waals surface area contributed by atoms with Crippen LogP contribution in [-0.2, 0) is 13.0 Å². The van der Waals surface area contributed by atoms with Crippen molar-refractivity contribution in [3.05, 3.63) is 47.8 Å². The first-order valence-electron chi connectivity index (χ1n) is 6.65. The number of nitrogens with zero attached hydrogens (tertiary/aromatic N) is 2. The van der Waals surface area contributed by atoms with E-state index in [0.29, 0.717) is 19.2 Å². The van der Waals surface area contributed by atoms with E-state index in [-0.39, 0.29) is 0 Å². The summed E-state index contributed by atoms with van der Waals surface area (Å²) in [4.78, 5) is 0. The fourth-order valence-corrected chi connectivity index (χ4v) is 1.86. The second kappa shape index (κ2) is 6.38. The second-order valence-electron chi connectivity index (χ2n) is 4.86. The zero-order chi connectivity index (χ0) is 13.7. The molecule has 1 aromatic carbocycles. The highest BCUT2D eigenvalue weighted by molar-refractivity contribution is 5.28. The predicted molar refractivity (Wildman–Crippen MR) is 76.1 cm³/mol. The van der Waals surface area contributed by atoms with Gasteiger partial charge in [-0.2, -0.15) is 5.10 Å². The van der Waals surface area contributed by atoms with Gasteiger partial charge in [-0.15, -0.1) is 0 Å². The van der Waals surface area contributed by atoms with Gasteiger partial charge in [-0.3, -0.25) is 4.68 Å². The number of rotatable bonds is 6. The zero-order valence-corrected chi connectivity index (χ0v) is 11.5. The first kappa shape index (κ1) is 13.6. The lowest BCUT2D eigenvalue weighted by molar-refractivity contribution is 0.298. The Balaban J connectivity index is 1.95. The molecule has 2 N–H and O–H groups in total. The van der Waals surface area contributed by atoms with Crippen molar-refractivity contribution in [2.45, 2.75) is 32.9 Å². The fraction of sp³-hybridized carbons (Fsp3) is 0.400. The molecule has 19 heavy (non-hydrogen) atoms. The van der Waals surface area contributed by atoms with E-state index in [9.17, 15) is 0 Å². The van der Waals surface area contributed by atoms with E-state index in [1.807, 2.05) is 35.1 Å². The van der Waals surface area contributed by atoms with Crippen LogP contribution >= 0.6 is 0 Å². The van der Waals surface area contributed by atoms with Crippen LogP contribution in [0.1, 0.15) is 31.1 Å². The number of hydrogen-bond acceptors (Lipinski definition) is 3. The van der Waals surface area contributed by atoms with Crippen LogP contribution in [-0.4, -0.2) is 16.3 Å². The van der Waals surface area contributed by atoms with Gasteiger partial charge in [0.05, 0.1) is 5.69 Å². The topological polar surface area (TPSA) is 53.1 Å². The molecule has 0 aliphatic carbocycles. The molecule has 0 aliphatic rings. The number of aromatic nitrogens is 2. The average molecular weight is 259 g/mol. The molecule has 0 unspecified atom stereocenters. The van der Waals surface area contributed by atoms with Crippen molar-refractivity contribution in [3.63, 3.8) is 0 Å². The third-order valence-electron chi connectivity index (χ3n) is 2.91. The van der Waals surface area contributed by atoms with Crippen LogP contribution in [0.4, 0.5) is 0 Å². The Morgan fingerprint density at radius 1 is 1.32 bits per heavy atom. The molecular weight excluding hydrogens is 238 g/mol. The molecule has 2 aromatic rings. The molecule has 2 rings (SSSR count). The molecule has 0 bridgehead atoms. The summed E-state index contributed by atoms with van der Waals surface area (Å²) >= 11 is 0. The Bertz CT molecular complexity index is 520. The molecule has 0 amide bonds. The second-order valence-corrected chi connectivity index (χ2v) is 4.86.